The molecule has 3 rings (SSSR count). The first-order chi connectivity index (χ1) is 13.6. The summed E-state index contributed by atoms with van der Waals surface area (Å²) >= 11 is 1.42. The van der Waals surface area contributed by atoms with Crippen LogP contribution in [0.5, 0.6) is 5.75 Å². The molecule has 0 aliphatic heterocycles. The van der Waals surface area contributed by atoms with E-state index in [4.69, 9.17) is 14.5 Å². The molecule has 6 nitrogen and oxygen atoms in total. The van der Waals surface area contributed by atoms with Gasteiger partial charge >= 0.3 is 0 Å². The Balaban J connectivity index is 1.84. The van der Waals surface area contributed by atoms with Gasteiger partial charge in [0.2, 0.25) is 5.91 Å². The number of hydrogen-bond acceptors (Lipinski definition) is 5. The normalized spacial score (nSPS) is 12.1. The molecule has 148 valence electrons. The average Bonchev–Trinajstić information content (AvgIpc) is 3.06. The minimum Gasteiger partial charge on any atom is -0.494 e. The molecule has 2 aromatic carbocycles. The molecule has 1 amide bonds. The van der Waals surface area contributed by atoms with Crippen molar-refractivity contribution in [3.05, 3.63) is 48.5 Å². The molecule has 0 saturated carbocycles. The minimum atomic E-state index is -0.0418. The Labute approximate surface area is 169 Å². The van der Waals surface area contributed by atoms with Crippen LogP contribution in [0.15, 0.2) is 53.7 Å². The molecule has 0 radical (unpaired) electrons. The van der Waals surface area contributed by atoms with Gasteiger partial charge in [-0.3, -0.25) is 9.36 Å². The van der Waals surface area contributed by atoms with Crippen LogP contribution in [0.4, 0.5) is 0 Å². The molecule has 1 atom stereocenters. The van der Waals surface area contributed by atoms with Gasteiger partial charge in [-0.25, -0.2) is 4.98 Å². The molecule has 0 bridgehead atoms. The summed E-state index contributed by atoms with van der Waals surface area (Å²) in [6, 6.07) is 15.8. The fraction of sp³-hybridized carbons (Fsp3) is 0.333. The van der Waals surface area contributed by atoms with Crippen LogP contribution >= 0.6 is 11.8 Å². The molecule has 0 aliphatic carbocycles. The lowest BCUT2D eigenvalue weighted by Crippen LogP contribution is -2.36. The number of ether oxygens (including phenoxy) is 2. The van der Waals surface area contributed by atoms with E-state index in [-0.39, 0.29) is 17.7 Å². The van der Waals surface area contributed by atoms with Crippen LogP contribution in [-0.2, 0) is 9.53 Å². The highest BCUT2D eigenvalue weighted by molar-refractivity contribution is 7.99. The van der Waals surface area contributed by atoms with Crippen LogP contribution in [0.1, 0.15) is 13.8 Å². The van der Waals surface area contributed by atoms with Crippen molar-refractivity contribution in [1.29, 1.82) is 0 Å². The molecule has 1 heterocycles. The third kappa shape index (κ3) is 4.85. The van der Waals surface area contributed by atoms with Gasteiger partial charge < -0.3 is 14.8 Å². The van der Waals surface area contributed by atoms with Crippen LogP contribution in [0, 0.1) is 0 Å². The lowest BCUT2D eigenvalue weighted by atomic mass is 10.2. The number of carbonyl (C=O) groups is 1. The highest BCUT2D eigenvalue weighted by atomic mass is 32.2. The highest BCUT2D eigenvalue weighted by Gasteiger charge is 2.15. The lowest BCUT2D eigenvalue weighted by molar-refractivity contribution is -0.119. The molecule has 28 heavy (non-hydrogen) atoms. The number of nitrogens with one attached hydrogen (secondary N) is 1. The first-order valence-electron chi connectivity index (χ1n) is 9.24. The number of thioether (sulfide) groups is 1. The Morgan fingerprint density at radius 3 is 2.68 bits per heavy atom. The number of amides is 1. The van der Waals surface area contributed by atoms with Gasteiger partial charge in [0.1, 0.15) is 5.75 Å². The predicted molar refractivity (Wildman–Crippen MR) is 112 cm³/mol. The smallest absolute Gasteiger partial charge is 0.230 e. The average molecular weight is 400 g/mol. The third-order valence-electron chi connectivity index (χ3n) is 4.09. The first kappa shape index (κ1) is 20.2. The first-order valence-corrected chi connectivity index (χ1v) is 10.2. The van der Waals surface area contributed by atoms with Crippen molar-refractivity contribution < 1.29 is 14.3 Å². The maximum atomic E-state index is 12.2. The third-order valence-corrected chi connectivity index (χ3v) is 5.03. The van der Waals surface area contributed by atoms with Crippen molar-refractivity contribution in [2.45, 2.75) is 25.0 Å². The summed E-state index contributed by atoms with van der Waals surface area (Å²) in [7, 11) is 1.62. The molecule has 0 aliphatic rings. The zero-order valence-electron chi connectivity index (χ0n) is 16.3. The van der Waals surface area contributed by atoms with E-state index >= 15 is 0 Å². The maximum Gasteiger partial charge on any atom is 0.230 e. The second kappa shape index (κ2) is 9.61. The van der Waals surface area contributed by atoms with Crippen molar-refractivity contribution in [3.63, 3.8) is 0 Å². The number of para-hydroxylation sites is 2. The van der Waals surface area contributed by atoms with Crippen molar-refractivity contribution in [1.82, 2.24) is 14.9 Å². The highest BCUT2D eigenvalue weighted by Crippen LogP contribution is 2.28. The number of benzene rings is 2. The second-order valence-electron chi connectivity index (χ2n) is 6.36. The largest absolute Gasteiger partial charge is 0.494 e. The van der Waals surface area contributed by atoms with Crippen LogP contribution < -0.4 is 10.1 Å². The van der Waals surface area contributed by atoms with Crippen LogP contribution in [0.25, 0.3) is 16.7 Å². The summed E-state index contributed by atoms with van der Waals surface area (Å²) in [6.45, 7) is 5.00. The molecule has 7 heteroatoms. The summed E-state index contributed by atoms with van der Waals surface area (Å²) in [5, 5.41) is 3.70. The van der Waals surface area contributed by atoms with Crippen LogP contribution in [-0.4, -0.2) is 47.6 Å². The van der Waals surface area contributed by atoms with Crippen LogP contribution in [0.2, 0.25) is 0 Å². The maximum absolute atomic E-state index is 12.2. The fourth-order valence-electron chi connectivity index (χ4n) is 2.95. The van der Waals surface area contributed by atoms with E-state index < -0.39 is 0 Å². The summed E-state index contributed by atoms with van der Waals surface area (Å²) in [4.78, 5) is 17.0. The van der Waals surface area contributed by atoms with Crippen LogP contribution in [0.3, 0.4) is 0 Å². The number of aromatic nitrogens is 2. The molecule has 0 spiro atoms. The SMILES string of the molecule is CCOc1ccc(-n2c(SCC(=O)N[C@H](C)COC)nc3ccccc32)cc1. The summed E-state index contributed by atoms with van der Waals surface area (Å²) in [5.74, 6) is 1.07. The van der Waals surface area contributed by atoms with E-state index in [1.54, 1.807) is 7.11 Å². The van der Waals surface area contributed by atoms with Gasteiger partial charge in [-0.2, -0.15) is 0 Å². The Morgan fingerprint density at radius 2 is 1.96 bits per heavy atom. The molecule has 0 unspecified atom stereocenters. The van der Waals surface area contributed by atoms with Gasteiger partial charge in [0.25, 0.3) is 0 Å². The number of fused-ring (bicyclic) bond motifs is 1. The zero-order chi connectivity index (χ0) is 19.9. The van der Waals surface area contributed by atoms with Crippen molar-refractivity contribution in [2.24, 2.45) is 0 Å². The van der Waals surface area contributed by atoms with Gasteiger partial charge in [-0.1, -0.05) is 23.9 Å². The Hall–Kier alpha value is -2.51. The Kier molecular flexibility index (Phi) is 6.95. The van der Waals surface area contributed by atoms with Crippen molar-refractivity contribution >= 4 is 28.7 Å². The summed E-state index contributed by atoms with van der Waals surface area (Å²) in [6.07, 6.45) is 0. The number of carbonyl (C=O) groups excluding carboxylic acids is 1. The fourth-order valence-corrected chi connectivity index (χ4v) is 3.79. The summed E-state index contributed by atoms with van der Waals surface area (Å²) < 4.78 is 12.7. The monoisotopic (exact) mass is 399 g/mol. The summed E-state index contributed by atoms with van der Waals surface area (Å²) in [5.41, 5.74) is 2.88. The Bertz CT molecular complexity index is 924. The van der Waals surface area contributed by atoms with E-state index in [1.807, 2.05) is 62.4 Å². The number of hydrogen-bond donors (Lipinski definition) is 1. The number of nitrogens with zero attached hydrogens (tertiary/aromatic N) is 2. The van der Waals surface area contributed by atoms with Crippen molar-refractivity contribution in [3.8, 4) is 11.4 Å². The van der Waals surface area contributed by atoms with E-state index in [9.17, 15) is 4.79 Å². The van der Waals surface area contributed by atoms with E-state index in [0.29, 0.717) is 13.2 Å². The van der Waals surface area contributed by atoms with Gasteiger partial charge in [0.15, 0.2) is 5.16 Å². The van der Waals surface area contributed by atoms with Gasteiger partial charge in [-0.15, -0.1) is 0 Å². The molecule has 0 fully saturated rings. The van der Waals surface area contributed by atoms with E-state index in [2.05, 4.69) is 9.88 Å². The topological polar surface area (TPSA) is 65.4 Å². The van der Waals surface area contributed by atoms with E-state index in [1.165, 1.54) is 11.8 Å². The van der Waals surface area contributed by atoms with Gasteiger partial charge in [0, 0.05) is 18.8 Å². The molecule has 1 aromatic heterocycles. The second-order valence-corrected chi connectivity index (χ2v) is 7.30. The molecular weight excluding hydrogens is 374 g/mol. The van der Waals surface area contributed by atoms with E-state index in [0.717, 1.165) is 27.6 Å². The zero-order valence-corrected chi connectivity index (χ0v) is 17.2. The predicted octanol–water partition coefficient (Wildman–Crippen LogP) is 3.67. The molecule has 3 aromatic rings. The lowest BCUT2D eigenvalue weighted by Gasteiger charge is -2.13. The number of methoxy groups -OCH3 is 1. The van der Waals surface area contributed by atoms with Gasteiger partial charge in [-0.05, 0) is 50.2 Å². The number of imidazole rings is 1. The van der Waals surface area contributed by atoms with Gasteiger partial charge in [0.05, 0.1) is 30.0 Å². The van der Waals surface area contributed by atoms with Crippen molar-refractivity contribution in [2.75, 3.05) is 26.1 Å². The minimum absolute atomic E-state index is 0.0250. The molecular formula is C21H25N3O3S. The Morgan fingerprint density at radius 1 is 1.21 bits per heavy atom. The molecule has 0 saturated heterocycles. The molecule has 1 N–H and O–H groups in total. The quantitative estimate of drug-likeness (QED) is 0.556. The standard InChI is InChI=1S/C21H25N3O3S/c1-4-27-17-11-9-16(10-12-17)24-19-8-6-5-7-18(19)23-21(24)28-14-20(25)22-15(2)13-26-3/h5-12,15H,4,13-14H2,1-3H3,(H,22,25)/t15-/m1/s1. The number of rotatable bonds is 9.